The molecule has 18 heavy (non-hydrogen) atoms. The van der Waals surface area contributed by atoms with E-state index in [9.17, 15) is 10.1 Å². The number of nitrogens with zero attached hydrogens (tertiary/aromatic N) is 3. The van der Waals surface area contributed by atoms with Crippen molar-refractivity contribution >= 4 is 11.4 Å². The molecule has 3 rings (SSSR count). The van der Waals surface area contributed by atoms with Gasteiger partial charge >= 0.3 is 0 Å². The van der Waals surface area contributed by atoms with Crippen molar-refractivity contribution in [1.29, 1.82) is 0 Å². The Bertz CT molecular complexity index is 446. The topological polar surface area (TPSA) is 49.6 Å². The molecule has 0 bridgehead atoms. The first-order valence-corrected chi connectivity index (χ1v) is 6.31. The van der Waals surface area contributed by atoms with Crippen LogP contribution in [0.4, 0.5) is 11.4 Å². The maximum absolute atomic E-state index is 10.6. The van der Waals surface area contributed by atoms with E-state index in [1.54, 1.807) is 12.1 Å². The van der Waals surface area contributed by atoms with Crippen LogP contribution in [0.5, 0.6) is 0 Å². The van der Waals surface area contributed by atoms with Crippen LogP contribution in [-0.4, -0.2) is 43.0 Å². The summed E-state index contributed by atoms with van der Waals surface area (Å²) in [7, 11) is 2.18. The second kappa shape index (κ2) is 4.24. The van der Waals surface area contributed by atoms with E-state index in [-0.39, 0.29) is 10.6 Å². The maximum Gasteiger partial charge on any atom is 0.269 e. The molecule has 1 aromatic carbocycles. The van der Waals surface area contributed by atoms with Gasteiger partial charge in [0, 0.05) is 44.0 Å². The summed E-state index contributed by atoms with van der Waals surface area (Å²) >= 11 is 0. The Labute approximate surface area is 106 Å². The number of nitro groups is 1. The molecular formula is C13H17N3O2. The molecule has 0 aliphatic carbocycles. The maximum atomic E-state index is 10.6. The summed E-state index contributed by atoms with van der Waals surface area (Å²) in [6.07, 6.45) is 0. The summed E-state index contributed by atoms with van der Waals surface area (Å²) < 4.78 is 0. The van der Waals surface area contributed by atoms with Crippen molar-refractivity contribution in [3.05, 3.63) is 34.4 Å². The Balaban J connectivity index is 1.72. The second-order valence-corrected chi connectivity index (χ2v) is 5.42. The molecule has 2 atom stereocenters. The van der Waals surface area contributed by atoms with Crippen molar-refractivity contribution in [2.45, 2.75) is 0 Å². The van der Waals surface area contributed by atoms with Crippen LogP contribution in [0.1, 0.15) is 0 Å². The van der Waals surface area contributed by atoms with Gasteiger partial charge in [0.05, 0.1) is 4.92 Å². The van der Waals surface area contributed by atoms with Crippen LogP contribution < -0.4 is 4.90 Å². The Morgan fingerprint density at radius 1 is 1.11 bits per heavy atom. The summed E-state index contributed by atoms with van der Waals surface area (Å²) in [4.78, 5) is 15.0. The van der Waals surface area contributed by atoms with Crippen molar-refractivity contribution in [3.63, 3.8) is 0 Å². The highest BCUT2D eigenvalue weighted by Gasteiger charge is 2.38. The van der Waals surface area contributed by atoms with E-state index in [1.165, 1.54) is 13.1 Å². The molecule has 0 radical (unpaired) electrons. The number of fused-ring (bicyclic) bond motifs is 1. The van der Waals surface area contributed by atoms with E-state index in [0.29, 0.717) is 0 Å². The molecular weight excluding hydrogens is 230 g/mol. The average Bonchev–Trinajstić information content (AvgIpc) is 2.86. The van der Waals surface area contributed by atoms with Crippen molar-refractivity contribution in [3.8, 4) is 0 Å². The van der Waals surface area contributed by atoms with Crippen LogP contribution in [0.2, 0.25) is 0 Å². The molecule has 5 heteroatoms. The minimum absolute atomic E-state index is 0.165. The number of hydrogen-bond acceptors (Lipinski definition) is 4. The Morgan fingerprint density at radius 2 is 1.67 bits per heavy atom. The number of rotatable bonds is 2. The first-order valence-electron chi connectivity index (χ1n) is 6.31. The smallest absolute Gasteiger partial charge is 0.269 e. The third kappa shape index (κ3) is 1.95. The van der Waals surface area contributed by atoms with Gasteiger partial charge in [-0.3, -0.25) is 10.1 Å². The van der Waals surface area contributed by atoms with E-state index in [1.807, 2.05) is 12.1 Å². The largest absolute Gasteiger partial charge is 0.371 e. The van der Waals surface area contributed by atoms with Gasteiger partial charge in [0.2, 0.25) is 0 Å². The van der Waals surface area contributed by atoms with E-state index in [4.69, 9.17) is 0 Å². The summed E-state index contributed by atoms with van der Waals surface area (Å²) in [6, 6.07) is 6.91. The Morgan fingerprint density at radius 3 is 2.17 bits per heavy atom. The van der Waals surface area contributed by atoms with Crippen molar-refractivity contribution in [1.82, 2.24) is 4.90 Å². The predicted molar refractivity (Wildman–Crippen MR) is 69.8 cm³/mol. The molecule has 2 heterocycles. The van der Waals surface area contributed by atoms with Crippen LogP contribution >= 0.6 is 0 Å². The van der Waals surface area contributed by atoms with Gasteiger partial charge in [-0.15, -0.1) is 0 Å². The van der Waals surface area contributed by atoms with Gasteiger partial charge in [-0.2, -0.15) is 0 Å². The van der Waals surface area contributed by atoms with E-state index >= 15 is 0 Å². The van der Waals surface area contributed by atoms with Gasteiger partial charge in [0.1, 0.15) is 0 Å². The lowest BCUT2D eigenvalue weighted by Gasteiger charge is -2.21. The van der Waals surface area contributed by atoms with Crippen molar-refractivity contribution < 1.29 is 4.92 Å². The minimum atomic E-state index is -0.350. The van der Waals surface area contributed by atoms with E-state index < -0.39 is 0 Å². The first-order chi connectivity index (χ1) is 8.63. The Hall–Kier alpha value is -1.62. The molecule has 0 N–H and O–H groups in total. The molecule has 2 aliphatic rings. The highest BCUT2D eigenvalue weighted by atomic mass is 16.6. The molecule has 0 spiro atoms. The van der Waals surface area contributed by atoms with Gasteiger partial charge in [-0.05, 0) is 31.0 Å². The average molecular weight is 247 g/mol. The number of non-ortho nitro benzene ring substituents is 1. The summed E-state index contributed by atoms with van der Waals surface area (Å²) in [5.41, 5.74) is 1.27. The highest BCUT2D eigenvalue weighted by Crippen LogP contribution is 2.33. The molecule has 2 aliphatic heterocycles. The van der Waals surface area contributed by atoms with Crippen molar-refractivity contribution in [2.75, 3.05) is 38.1 Å². The lowest BCUT2D eigenvalue weighted by molar-refractivity contribution is -0.384. The van der Waals surface area contributed by atoms with Gasteiger partial charge in [0.15, 0.2) is 0 Å². The molecule has 96 valence electrons. The number of hydrogen-bond donors (Lipinski definition) is 0. The molecule has 0 amide bonds. The normalized spacial score (nSPS) is 27.5. The van der Waals surface area contributed by atoms with E-state index in [2.05, 4.69) is 16.8 Å². The standard InChI is InChI=1S/C13H17N3O2/c1-14-6-10-8-15(9-11(10)7-14)12-2-4-13(5-3-12)16(17)18/h2-5,10-11H,6-9H2,1H3/t10-,11+. The first kappa shape index (κ1) is 11.5. The van der Waals surface area contributed by atoms with E-state index in [0.717, 1.165) is 30.6 Å². The number of likely N-dealkylation sites (tertiary alicyclic amines) is 1. The summed E-state index contributed by atoms with van der Waals surface area (Å²) in [5.74, 6) is 1.51. The molecule has 1 aromatic rings. The van der Waals surface area contributed by atoms with Crippen LogP contribution in [-0.2, 0) is 0 Å². The fourth-order valence-corrected chi connectivity index (χ4v) is 3.22. The van der Waals surface area contributed by atoms with Gasteiger partial charge in [-0.1, -0.05) is 0 Å². The zero-order valence-corrected chi connectivity index (χ0v) is 10.5. The quantitative estimate of drug-likeness (QED) is 0.588. The number of benzene rings is 1. The number of nitro benzene ring substituents is 1. The van der Waals surface area contributed by atoms with Gasteiger partial charge in [0.25, 0.3) is 5.69 Å². The van der Waals surface area contributed by atoms with Crippen LogP contribution in [0.15, 0.2) is 24.3 Å². The SMILES string of the molecule is CN1C[C@@H]2CN(c3ccc([N+](=O)[O-])cc3)C[C@@H]2C1. The lowest BCUT2D eigenvalue weighted by Crippen LogP contribution is -2.26. The third-order valence-electron chi connectivity index (χ3n) is 4.09. The van der Waals surface area contributed by atoms with Gasteiger partial charge < -0.3 is 9.80 Å². The fraction of sp³-hybridized carbons (Fsp3) is 0.538. The lowest BCUT2D eigenvalue weighted by atomic mass is 10.0. The van der Waals surface area contributed by atoms with Crippen LogP contribution in [0, 0.1) is 22.0 Å². The van der Waals surface area contributed by atoms with Crippen LogP contribution in [0.3, 0.4) is 0 Å². The monoisotopic (exact) mass is 247 g/mol. The molecule has 5 nitrogen and oxygen atoms in total. The highest BCUT2D eigenvalue weighted by molar-refractivity contribution is 5.51. The molecule has 0 unspecified atom stereocenters. The minimum Gasteiger partial charge on any atom is -0.371 e. The molecule has 0 saturated carbocycles. The second-order valence-electron chi connectivity index (χ2n) is 5.42. The fourth-order valence-electron chi connectivity index (χ4n) is 3.22. The number of anilines is 1. The van der Waals surface area contributed by atoms with Gasteiger partial charge in [-0.25, -0.2) is 0 Å². The zero-order chi connectivity index (χ0) is 12.7. The molecule has 0 aromatic heterocycles. The van der Waals surface area contributed by atoms with Crippen molar-refractivity contribution in [2.24, 2.45) is 11.8 Å². The third-order valence-corrected chi connectivity index (χ3v) is 4.09. The Kier molecular flexibility index (Phi) is 2.70. The molecule has 2 saturated heterocycles. The zero-order valence-electron chi connectivity index (χ0n) is 10.5. The predicted octanol–water partition coefficient (Wildman–Crippen LogP) is 1.59. The summed E-state index contributed by atoms with van der Waals surface area (Å²) in [5, 5.41) is 10.6. The van der Waals surface area contributed by atoms with Crippen LogP contribution in [0.25, 0.3) is 0 Å². The summed E-state index contributed by atoms with van der Waals surface area (Å²) in [6.45, 7) is 4.50. The molecule has 2 fully saturated rings.